The molecule has 0 amide bonds. The number of hydrogen-bond donors (Lipinski definition) is 1. The van der Waals surface area contributed by atoms with E-state index in [0.717, 1.165) is 18.7 Å². The first kappa shape index (κ1) is 14.8. The fourth-order valence-corrected chi connectivity index (χ4v) is 2.03. The topological polar surface area (TPSA) is 71.3 Å². The molecule has 1 N–H and O–H groups in total. The molecule has 0 fully saturated rings. The molecule has 6 nitrogen and oxygen atoms in total. The molecule has 0 saturated carbocycles. The van der Waals surface area contributed by atoms with E-state index in [9.17, 15) is 10.1 Å². The number of para-hydroxylation sites is 1. The van der Waals surface area contributed by atoms with Gasteiger partial charge in [-0.15, -0.1) is 0 Å². The van der Waals surface area contributed by atoms with Gasteiger partial charge in [0.25, 0.3) is 0 Å². The Kier molecular flexibility index (Phi) is 5.09. The third kappa shape index (κ3) is 4.17. The maximum atomic E-state index is 10.9. The number of aromatic nitrogens is 1. The van der Waals surface area contributed by atoms with Crippen molar-refractivity contribution in [2.75, 3.05) is 30.4 Å². The van der Waals surface area contributed by atoms with E-state index >= 15 is 0 Å². The molecule has 1 aromatic carbocycles. The Morgan fingerprint density at radius 3 is 2.76 bits per heavy atom. The molecule has 1 aromatic heterocycles. The molecule has 0 atom stereocenters. The van der Waals surface area contributed by atoms with Crippen LogP contribution in [-0.4, -0.2) is 30.0 Å². The maximum Gasteiger partial charge on any atom is 0.310 e. The second-order valence-electron chi connectivity index (χ2n) is 4.69. The van der Waals surface area contributed by atoms with Crippen LogP contribution >= 0.6 is 0 Å². The van der Waals surface area contributed by atoms with Crippen LogP contribution in [0.5, 0.6) is 0 Å². The van der Waals surface area contributed by atoms with Crippen molar-refractivity contribution in [3.05, 3.63) is 58.9 Å². The Labute approximate surface area is 123 Å². The molecule has 0 aliphatic rings. The van der Waals surface area contributed by atoms with Gasteiger partial charge in [0, 0.05) is 32.0 Å². The van der Waals surface area contributed by atoms with Crippen molar-refractivity contribution in [2.45, 2.75) is 6.42 Å². The third-order valence-electron chi connectivity index (χ3n) is 3.18. The van der Waals surface area contributed by atoms with Gasteiger partial charge in [-0.2, -0.15) is 0 Å². The van der Waals surface area contributed by atoms with Gasteiger partial charge in [0.1, 0.15) is 11.9 Å². The van der Waals surface area contributed by atoms with E-state index in [1.54, 1.807) is 12.3 Å². The highest BCUT2D eigenvalue weighted by Crippen LogP contribution is 2.21. The van der Waals surface area contributed by atoms with E-state index < -0.39 is 4.92 Å². The monoisotopic (exact) mass is 286 g/mol. The first-order valence-electron chi connectivity index (χ1n) is 6.77. The second-order valence-corrected chi connectivity index (χ2v) is 4.69. The fraction of sp³-hybridized carbons (Fsp3) is 0.267. The van der Waals surface area contributed by atoms with Crippen LogP contribution in [0.3, 0.4) is 0 Å². The predicted octanol–water partition coefficient (Wildman–Crippen LogP) is 2.93. The lowest BCUT2D eigenvalue weighted by Gasteiger charge is -2.19. The Hall–Kier alpha value is -2.63. The van der Waals surface area contributed by atoms with Gasteiger partial charge in [-0.3, -0.25) is 15.1 Å². The molecule has 0 bridgehead atoms. The first-order valence-corrected chi connectivity index (χ1v) is 6.77. The molecule has 0 aliphatic heterocycles. The van der Waals surface area contributed by atoms with Crippen LogP contribution in [0.2, 0.25) is 0 Å². The lowest BCUT2D eigenvalue weighted by molar-refractivity contribution is -0.384. The van der Waals surface area contributed by atoms with Crippen LogP contribution in [0.25, 0.3) is 0 Å². The van der Waals surface area contributed by atoms with Crippen LogP contribution in [0, 0.1) is 10.1 Å². The maximum absolute atomic E-state index is 10.9. The Morgan fingerprint density at radius 1 is 1.29 bits per heavy atom. The smallest absolute Gasteiger partial charge is 0.310 e. The van der Waals surface area contributed by atoms with Crippen molar-refractivity contribution in [1.82, 2.24) is 4.98 Å². The lowest BCUT2D eigenvalue weighted by Crippen LogP contribution is -2.20. The predicted molar refractivity (Wildman–Crippen MR) is 83.7 cm³/mol. The number of nitro groups is 1. The third-order valence-corrected chi connectivity index (χ3v) is 3.18. The highest BCUT2D eigenvalue weighted by molar-refractivity contribution is 5.59. The van der Waals surface area contributed by atoms with Crippen LogP contribution in [0.1, 0.15) is 6.42 Å². The summed E-state index contributed by atoms with van der Waals surface area (Å²) in [6.45, 7) is 1.54. The summed E-state index contributed by atoms with van der Waals surface area (Å²) in [5.74, 6) is 0. The number of benzene rings is 1. The molecule has 0 radical (unpaired) electrons. The minimum atomic E-state index is -0.425. The van der Waals surface area contributed by atoms with E-state index in [0.29, 0.717) is 12.2 Å². The zero-order chi connectivity index (χ0) is 15.1. The van der Waals surface area contributed by atoms with Crippen molar-refractivity contribution in [2.24, 2.45) is 0 Å². The summed E-state index contributed by atoms with van der Waals surface area (Å²) in [6.07, 6.45) is 3.69. The van der Waals surface area contributed by atoms with Gasteiger partial charge >= 0.3 is 5.69 Å². The van der Waals surface area contributed by atoms with Gasteiger partial charge < -0.3 is 10.2 Å². The number of nitrogens with one attached hydrogen (secondary N) is 1. The highest BCUT2D eigenvalue weighted by atomic mass is 16.6. The van der Waals surface area contributed by atoms with Crippen LogP contribution < -0.4 is 10.2 Å². The average Bonchev–Trinajstić information content (AvgIpc) is 2.52. The minimum Gasteiger partial charge on any atom is -0.379 e. The molecular formula is C15H18N4O2. The molecule has 6 heteroatoms. The quantitative estimate of drug-likeness (QED) is 0.481. The first-order chi connectivity index (χ1) is 10.2. The van der Waals surface area contributed by atoms with Crippen molar-refractivity contribution in [1.29, 1.82) is 0 Å². The lowest BCUT2D eigenvalue weighted by atomic mass is 10.3. The highest BCUT2D eigenvalue weighted by Gasteiger charge is 2.12. The second kappa shape index (κ2) is 7.23. The van der Waals surface area contributed by atoms with Crippen LogP contribution in [-0.2, 0) is 0 Å². The van der Waals surface area contributed by atoms with Crippen molar-refractivity contribution in [3.63, 3.8) is 0 Å². The SMILES string of the molecule is CN(CCCNc1ccncc1[N+](=O)[O-])c1ccccc1. The zero-order valence-electron chi connectivity index (χ0n) is 11.9. The standard InChI is InChI=1S/C15H18N4O2/c1-18(13-6-3-2-4-7-13)11-5-9-17-14-8-10-16-12-15(14)19(20)21/h2-4,6-8,10,12H,5,9,11H2,1H3,(H,16,17). The van der Waals surface area contributed by atoms with Crippen molar-refractivity contribution in [3.8, 4) is 0 Å². The summed E-state index contributed by atoms with van der Waals surface area (Å²) in [6, 6.07) is 11.7. The van der Waals surface area contributed by atoms with Gasteiger partial charge in [-0.25, -0.2) is 0 Å². The van der Waals surface area contributed by atoms with E-state index in [1.165, 1.54) is 6.20 Å². The largest absolute Gasteiger partial charge is 0.379 e. The summed E-state index contributed by atoms with van der Waals surface area (Å²) in [4.78, 5) is 16.4. The summed E-state index contributed by atoms with van der Waals surface area (Å²) >= 11 is 0. The minimum absolute atomic E-state index is 0.00825. The van der Waals surface area contributed by atoms with Gasteiger partial charge in [0.2, 0.25) is 0 Å². The van der Waals surface area contributed by atoms with Gasteiger partial charge in [0.05, 0.1) is 4.92 Å². The van der Waals surface area contributed by atoms with E-state index in [-0.39, 0.29) is 5.69 Å². The van der Waals surface area contributed by atoms with Gasteiger partial charge in [-0.1, -0.05) is 18.2 Å². The Bertz CT molecular complexity index is 589. The van der Waals surface area contributed by atoms with Gasteiger partial charge in [-0.05, 0) is 24.6 Å². The summed E-state index contributed by atoms with van der Waals surface area (Å²) in [5.41, 5.74) is 1.68. The van der Waals surface area contributed by atoms with E-state index in [4.69, 9.17) is 0 Å². The van der Waals surface area contributed by atoms with Crippen LogP contribution in [0.15, 0.2) is 48.8 Å². The summed E-state index contributed by atoms with van der Waals surface area (Å²) in [5, 5.41) is 14.0. The molecule has 2 aromatic rings. The summed E-state index contributed by atoms with van der Waals surface area (Å²) < 4.78 is 0. The van der Waals surface area contributed by atoms with Crippen LogP contribution in [0.4, 0.5) is 17.1 Å². The molecule has 0 aliphatic carbocycles. The average molecular weight is 286 g/mol. The number of pyridine rings is 1. The van der Waals surface area contributed by atoms with E-state index in [1.807, 2.05) is 25.2 Å². The molecule has 2 rings (SSSR count). The van der Waals surface area contributed by atoms with Crippen molar-refractivity contribution < 1.29 is 4.92 Å². The molecule has 0 saturated heterocycles. The van der Waals surface area contributed by atoms with Crippen molar-refractivity contribution >= 4 is 17.1 Å². The van der Waals surface area contributed by atoms with Gasteiger partial charge in [0.15, 0.2) is 0 Å². The zero-order valence-corrected chi connectivity index (χ0v) is 11.9. The molecule has 0 spiro atoms. The number of hydrogen-bond acceptors (Lipinski definition) is 5. The Balaban J connectivity index is 1.81. The molecule has 0 unspecified atom stereocenters. The summed E-state index contributed by atoms with van der Waals surface area (Å²) in [7, 11) is 2.03. The molecule has 1 heterocycles. The number of nitrogens with zero attached hydrogens (tertiary/aromatic N) is 3. The number of anilines is 2. The van der Waals surface area contributed by atoms with E-state index in [2.05, 4.69) is 27.3 Å². The normalized spacial score (nSPS) is 10.1. The Morgan fingerprint density at radius 2 is 2.05 bits per heavy atom. The molecule has 110 valence electrons. The fourth-order valence-electron chi connectivity index (χ4n) is 2.03. The number of rotatable bonds is 7. The molecular weight excluding hydrogens is 268 g/mol. The molecule has 21 heavy (non-hydrogen) atoms.